The maximum Gasteiger partial charge on any atom is 0.285 e. The van der Waals surface area contributed by atoms with Gasteiger partial charge in [0.05, 0.1) is 19.8 Å². The predicted molar refractivity (Wildman–Crippen MR) is 117 cm³/mol. The maximum absolute atomic E-state index is 13.0. The van der Waals surface area contributed by atoms with Gasteiger partial charge < -0.3 is 14.2 Å². The van der Waals surface area contributed by atoms with E-state index < -0.39 is 0 Å². The molecule has 0 unspecified atom stereocenters. The van der Waals surface area contributed by atoms with Crippen LogP contribution >= 0.6 is 0 Å². The van der Waals surface area contributed by atoms with Crippen LogP contribution in [-0.4, -0.2) is 36.6 Å². The Morgan fingerprint density at radius 3 is 2.40 bits per heavy atom. The number of hydrogen-bond donors (Lipinski definition) is 0. The van der Waals surface area contributed by atoms with E-state index in [0.717, 1.165) is 18.4 Å². The van der Waals surface area contributed by atoms with Crippen molar-refractivity contribution in [2.45, 2.75) is 33.6 Å². The molecule has 2 aromatic rings. The molecule has 0 atom stereocenters. The molecule has 1 aromatic heterocycles. The lowest BCUT2D eigenvalue weighted by Gasteiger charge is -2.13. The molecule has 1 aromatic carbocycles. The summed E-state index contributed by atoms with van der Waals surface area (Å²) in [4.78, 5) is 17.2. The fourth-order valence-electron chi connectivity index (χ4n) is 2.83. The van der Waals surface area contributed by atoms with E-state index >= 15 is 0 Å². The molecule has 30 heavy (non-hydrogen) atoms. The van der Waals surface area contributed by atoms with Gasteiger partial charge in [0.15, 0.2) is 17.3 Å². The average Bonchev–Trinajstić information content (AvgIpc) is 3.07. The Kier molecular flexibility index (Phi) is 7.43. The molecule has 0 fully saturated rings. The number of ether oxygens (including phenoxy) is 3. The minimum Gasteiger partial charge on any atom is -0.490 e. The van der Waals surface area contributed by atoms with E-state index in [-0.39, 0.29) is 11.8 Å². The van der Waals surface area contributed by atoms with Crippen molar-refractivity contribution in [3.8, 4) is 11.5 Å². The molecule has 2 heterocycles. The highest BCUT2D eigenvalue weighted by atomic mass is 16.5. The highest BCUT2D eigenvalue weighted by Crippen LogP contribution is 2.31. The number of carbonyl (C=O) groups is 1. The van der Waals surface area contributed by atoms with Crippen LogP contribution in [0, 0.1) is 0 Å². The third-order valence-corrected chi connectivity index (χ3v) is 4.19. The van der Waals surface area contributed by atoms with Crippen molar-refractivity contribution in [1.29, 1.82) is 0 Å². The summed E-state index contributed by atoms with van der Waals surface area (Å²) in [6, 6.07) is 10.9. The van der Waals surface area contributed by atoms with Gasteiger partial charge >= 0.3 is 0 Å². The number of nitrogens with zero attached hydrogens (tertiary/aromatic N) is 3. The molecule has 1 aliphatic heterocycles. The molecule has 7 heteroatoms. The fraction of sp³-hybridized carbons (Fsp3) is 0.348. The van der Waals surface area contributed by atoms with Gasteiger partial charge in [0, 0.05) is 6.20 Å². The third-order valence-electron chi connectivity index (χ3n) is 4.19. The molecular formula is C23H27N3O4. The molecule has 1 amide bonds. The number of anilines is 1. The Bertz CT molecular complexity index is 925. The van der Waals surface area contributed by atoms with Crippen LogP contribution in [0.3, 0.4) is 0 Å². The second kappa shape index (κ2) is 10.4. The molecule has 0 radical (unpaired) electrons. The van der Waals surface area contributed by atoms with Crippen LogP contribution in [-0.2, 0) is 9.53 Å². The van der Waals surface area contributed by atoms with Gasteiger partial charge in [0.2, 0.25) is 5.90 Å². The largest absolute Gasteiger partial charge is 0.490 e. The third kappa shape index (κ3) is 4.97. The number of rotatable bonds is 9. The Morgan fingerprint density at radius 2 is 1.73 bits per heavy atom. The van der Waals surface area contributed by atoms with Gasteiger partial charge in [-0.25, -0.2) is 4.98 Å². The molecule has 1 aliphatic rings. The summed E-state index contributed by atoms with van der Waals surface area (Å²) < 4.78 is 17.3. The van der Waals surface area contributed by atoms with Crippen molar-refractivity contribution in [2.75, 3.05) is 24.8 Å². The van der Waals surface area contributed by atoms with Crippen molar-refractivity contribution in [3.63, 3.8) is 0 Å². The summed E-state index contributed by atoms with van der Waals surface area (Å²) in [5, 5.41) is 5.58. The lowest BCUT2D eigenvalue weighted by molar-refractivity contribution is -0.114. The van der Waals surface area contributed by atoms with Gasteiger partial charge in [-0.3, -0.25) is 4.79 Å². The molecule has 7 nitrogen and oxygen atoms in total. The van der Waals surface area contributed by atoms with Crippen LogP contribution in [0.15, 0.2) is 53.3 Å². The molecule has 0 N–H and O–H groups in total. The number of hydrazone groups is 1. The average molecular weight is 409 g/mol. The molecule has 0 saturated heterocycles. The molecule has 0 spiro atoms. The van der Waals surface area contributed by atoms with E-state index in [1.54, 1.807) is 30.5 Å². The zero-order chi connectivity index (χ0) is 21.3. The summed E-state index contributed by atoms with van der Waals surface area (Å²) in [5.41, 5.74) is 1.16. The summed E-state index contributed by atoms with van der Waals surface area (Å²) in [6.45, 7) is 7.55. The van der Waals surface area contributed by atoms with E-state index in [9.17, 15) is 4.79 Å². The molecule has 0 saturated carbocycles. The summed E-state index contributed by atoms with van der Waals surface area (Å²) >= 11 is 0. The highest BCUT2D eigenvalue weighted by molar-refractivity contribution is 6.30. The minimum atomic E-state index is -0.292. The van der Waals surface area contributed by atoms with E-state index in [0.29, 0.717) is 42.7 Å². The lowest BCUT2D eigenvalue weighted by atomic mass is 10.1. The Balaban J connectivity index is 1.93. The van der Waals surface area contributed by atoms with Crippen LogP contribution in [0.4, 0.5) is 5.82 Å². The van der Waals surface area contributed by atoms with Crippen molar-refractivity contribution in [1.82, 2.24) is 4.98 Å². The van der Waals surface area contributed by atoms with Gasteiger partial charge in [-0.15, -0.1) is 5.10 Å². The minimum absolute atomic E-state index is 0.274. The van der Waals surface area contributed by atoms with Crippen LogP contribution in [0.5, 0.6) is 11.5 Å². The first kappa shape index (κ1) is 21.4. The number of carbonyl (C=O) groups excluding carboxylic acids is 1. The number of hydrogen-bond acceptors (Lipinski definition) is 6. The van der Waals surface area contributed by atoms with Crippen LogP contribution in [0.2, 0.25) is 0 Å². The van der Waals surface area contributed by atoms with Gasteiger partial charge in [-0.1, -0.05) is 26.0 Å². The van der Waals surface area contributed by atoms with E-state index in [1.807, 2.05) is 32.0 Å². The fourth-order valence-corrected chi connectivity index (χ4v) is 2.83. The molecule has 0 bridgehead atoms. The standard InChI is InChI=1S/C23H27N3O4/c1-4-13-29-19-11-10-17(16-20(19)30-14-5-2)15-18-22(28-6-3)25-26(23(18)27)21-9-7-8-12-24-21/h7-12,15-16H,4-6,13-14H2,1-3H3. The topological polar surface area (TPSA) is 73.2 Å². The summed E-state index contributed by atoms with van der Waals surface area (Å²) in [6.07, 6.45) is 5.16. The van der Waals surface area contributed by atoms with E-state index in [2.05, 4.69) is 17.0 Å². The number of benzene rings is 1. The van der Waals surface area contributed by atoms with Gasteiger partial charge in [-0.05, 0) is 55.7 Å². The Labute approximate surface area is 177 Å². The van der Waals surface area contributed by atoms with Crippen LogP contribution in [0.25, 0.3) is 6.08 Å². The predicted octanol–water partition coefficient (Wildman–Crippen LogP) is 4.44. The number of aromatic nitrogens is 1. The molecular weight excluding hydrogens is 382 g/mol. The lowest BCUT2D eigenvalue weighted by Crippen LogP contribution is -2.22. The zero-order valence-corrected chi connectivity index (χ0v) is 17.6. The van der Waals surface area contributed by atoms with Crippen molar-refractivity contribution < 1.29 is 19.0 Å². The van der Waals surface area contributed by atoms with Crippen LogP contribution < -0.4 is 14.5 Å². The highest BCUT2D eigenvalue weighted by Gasteiger charge is 2.33. The molecule has 158 valence electrons. The Morgan fingerprint density at radius 1 is 0.967 bits per heavy atom. The molecule has 0 aliphatic carbocycles. The van der Waals surface area contributed by atoms with Crippen LogP contribution in [0.1, 0.15) is 39.2 Å². The normalized spacial score (nSPS) is 14.8. The number of amides is 1. The first-order valence-corrected chi connectivity index (χ1v) is 10.3. The van der Waals surface area contributed by atoms with E-state index in [4.69, 9.17) is 14.2 Å². The van der Waals surface area contributed by atoms with Crippen molar-refractivity contribution in [3.05, 3.63) is 53.7 Å². The second-order valence-electron chi connectivity index (χ2n) is 6.60. The first-order chi connectivity index (χ1) is 14.7. The first-order valence-electron chi connectivity index (χ1n) is 10.3. The monoisotopic (exact) mass is 409 g/mol. The number of pyridine rings is 1. The summed E-state index contributed by atoms with van der Waals surface area (Å²) in [5.74, 6) is 1.77. The Hall–Kier alpha value is -3.35. The zero-order valence-electron chi connectivity index (χ0n) is 17.6. The summed E-state index contributed by atoms with van der Waals surface area (Å²) in [7, 11) is 0. The van der Waals surface area contributed by atoms with Gasteiger partial charge in [-0.2, -0.15) is 5.01 Å². The van der Waals surface area contributed by atoms with Crippen molar-refractivity contribution >= 4 is 23.7 Å². The van der Waals surface area contributed by atoms with Gasteiger partial charge in [0.1, 0.15) is 5.57 Å². The SMILES string of the molecule is CCCOc1ccc(C=C2C(=O)N(c3ccccn3)N=C2OCC)cc1OCCC. The molecule has 3 rings (SSSR count). The maximum atomic E-state index is 13.0. The van der Waals surface area contributed by atoms with Crippen molar-refractivity contribution in [2.24, 2.45) is 5.10 Å². The van der Waals surface area contributed by atoms with E-state index in [1.165, 1.54) is 5.01 Å². The smallest absolute Gasteiger partial charge is 0.285 e. The quantitative estimate of drug-likeness (QED) is 0.573. The van der Waals surface area contributed by atoms with Gasteiger partial charge in [0.25, 0.3) is 5.91 Å². The second-order valence-corrected chi connectivity index (χ2v) is 6.60.